The molecule has 1 fully saturated rings. The largest absolute Gasteiger partial charge is 0.354 e. The molecular formula is C12H19N3O2S2. The van der Waals surface area contributed by atoms with Gasteiger partial charge in [-0.1, -0.05) is 6.42 Å². The van der Waals surface area contributed by atoms with Crippen molar-refractivity contribution in [1.82, 2.24) is 4.98 Å². The van der Waals surface area contributed by atoms with E-state index in [1.807, 2.05) is 16.7 Å². The number of anilines is 1. The normalized spacial score (nSPS) is 21.2. The van der Waals surface area contributed by atoms with Crippen LogP contribution in [0.3, 0.4) is 0 Å². The molecule has 1 aromatic heterocycles. The second-order valence-corrected chi connectivity index (χ2v) is 7.34. The van der Waals surface area contributed by atoms with Crippen molar-refractivity contribution in [3.05, 3.63) is 18.3 Å². The Bertz CT molecular complexity index is 534. The molecule has 2 heterocycles. The molecule has 0 bridgehead atoms. The minimum Gasteiger partial charge on any atom is -0.354 e. The number of rotatable bonds is 3. The van der Waals surface area contributed by atoms with Gasteiger partial charge in [0.15, 0.2) is 0 Å². The zero-order valence-corrected chi connectivity index (χ0v) is 12.6. The number of pyridine rings is 1. The molecule has 0 aromatic carbocycles. The fraction of sp³-hybridized carbons (Fsp3) is 0.583. The van der Waals surface area contributed by atoms with E-state index >= 15 is 0 Å². The lowest BCUT2D eigenvalue weighted by molar-refractivity contribution is 0.596. The van der Waals surface area contributed by atoms with Crippen molar-refractivity contribution in [2.45, 2.75) is 29.4 Å². The molecule has 1 atom stereocenters. The van der Waals surface area contributed by atoms with Gasteiger partial charge in [-0.25, -0.2) is 18.5 Å². The van der Waals surface area contributed by atoms with E-state index in [1.54, 1.807) is 12.3 Å². The highest BCUT2D eigenvalue weighted by atomic mass is 32.2. The number of primary sulfonamides is 1. The number of hydrogen-bond donors (Lipinski definition) is 1. The van der Waals surface area contributed by atoms with Gasteiger partial charge in [0.05, 0.1) is 0 Å². The molecule has 2 N–H and O–H groups in total. The van der Waals surface area contributed by atoms with Gasteiger partial charge in [0, 0.05) is 24.5 Å². The molecule has 1 saturated heterocycles. The topological polar surface area (TPSA) is 76.3 Å². The lowest BCUT2D eigenvalue weighted by atomic mass is 10.2. The molecule has 1 aromatic rings. The Hall–Kier alpha value is -0.790. The number of nitrogens with two attached hydrogens (primary N) is 1. The quantitative estimate of drug-likeness (QED) is 0.914. The maximum atomic E-state index is 11.6. The SMILES string of the molecule is CSC1CCCCN(c2ncccc2S(N)(=O)=O)C1. The van der Waals surface area contributed by atoms with Crippen LogP contribution in [0.4, 0.5) is 5.82 Å². The summed E-state index contributed by atoms with van der Waals surface area (Å²) in [6.07, 6.45) is 7.09. The monoisotopic (exact) mass is 301 g/mol. The second-order valence-electron chi connectivity index (χ2n) is 4.67. The molecule has 0 saturated carbocycles. The van der Waals surface area contributed by atoms with Crippen LogP contribution in [0, 0.1) is 0 Å². The standard InChI is InChI=1S/C12H19N3O2S2/c1-18-10-5-2-3-8-15(9-10)12-11(19(13,16)17)6-4-7-14-12/h4,6-7,10H,2-3,5,8-9H2,1H3,(H2,13,16,17). The van der Waals surface area contributed by atoms with Gasteiger partial charge in [0.1, 0.15) is 10.7 Å². The molecule has 7 heteroatoms. The minimum absolute atomic E-state index is 0.122. The van der Waals surface area contributed by atoms with Crippen molar-refractivity contribution in [3.8, 4) is 0 Å². The summed E-state index contributed by atoms with van der Waals surface area (Å²) in [6, 6.07) is 3.13. The van der Waals surface area contributed by atoms with E-state index in [-0.39, 0.29) is 4.90 Å². The van der Waals surface area contributed by atoms with E-state index in [0.717, 1.165) is 25.9 Å². The molecule has 2 rings (SSSR count). The summed E-state index contributed by atoms with van der Waals surface area (Å²) < 4.78 is 23.3. The van der Waals surface area contributed by atoms with Crippen molar-refractivity contribution in [2.75, 3.05) is 24.2 Å². The first kappa shape index (κ1) is 14.6. The fourth-order valence-corrected chi connectivity index (χ4v) is 3.77. The minimum atomic E-state index is -3.73. The molecule has 1 aliphatic heterocycles. The van der Waals surface area contributed by atoms with E-state index in [0.29, 0.717) is 11.1 Å². The summed E-state index contributed by atoms with van der Waals surface area (Å²) in [5, 5.41) is 5.78. The predicted octanol–water partition coefficient (Wildman–Crippen LogP) is 1.45. The summed E-state index contributed by atoms with van der Waals surface area (Å²) in [7, 11) is -3.73. The Morgan fingerprint density at radius 3 is 2.95 bits per heavy atom. The molecule has 0 aliphatic carbocycles. The van der Waals surface area contributed by atoms with Crippen molar-refractivity contribution < 1.29 is 8.42 Å². The van der Waals surface area contributed by atoms with Crippen LogP contribution in [0.5, 0.6) is 0 Å². The lowest BCUT2D eigenvalue weighted by Crippen LogP contribution is -2.32. The van der Waals surface area contributed by atoms with Crippen LogP contribution in [0.15, 0.2) is 23.2 Å². The Morgan fingerprint density at radius 1 is 1.47 bits per heavy atom. The van der Waals surface area contributed by atoms with Gasteiger partial charge in [0.2, 0.25) is 10.0 Å². The Labute approximate surface area is 118 Å². The van der Waals surface area contributed by atoms with E-state index in [2.05, 4.69) is 11.2 Å². The molecule has 0 amide bonds. The molecule has 1 aliphatic rings. The first-order chi connectivity index (χ1) is 9.02. The molecule has 0 radical (unpaired) electrons. The van der Waals surface area contributed by atoms with Gasteiger partial charge in [-0.2, -0.15) is 11.8 Å². The van der Waals surface area contributed by atoms with Crippen LogP contribution in [-0.2, 0) is 10.0 Å². The summed E-state index contributed by atoms with van der Waals surface area (Å²) >= 11 is 1.82. The highest BCUT2D eigenvalue weighted by Gasteiger charge is 2.23. The zero-order valence-electron chi connectivity index (χ0n) is 10.9. The third-order valence-electron chi connectivity index (χ3n) is 3.32. The Morgan fingerprint density at radius 2 is 2.26 bits per heavy atom. The maximum Gasteiger partial charge on any atom is 0.241 e. The van der Waals surface area contributed by atoms with Gasteiger partial charge in [0.25, 0.3) is 0 Å². The number of sulfonamides is 1. The van der Waals surface area contributed by atoms with E-state index in [9.17, 15) is 8.42 Å². The van der Waals surface area contributed by atoms with Crippen molar-refractivity contribution in [3.63, 3.8) is 0 Å². The highest BCUT2D eigenvalue weighted by molar-refractivity contribution is 7.99. The molecule has 1 unspecified atom stereocenters. The summed E-state index contributed by atoms with van der Waals surface area (Å²) in [6.45, 7) is 1.65. The van der Waals surface area contributed by atoms with Crippen LogP contribution < -0.4 is 10.0 Å². The average Bonchev–Trinajstić information content (AvgIpc) is 2.63. The predicted molar refractivity (Wildman–Crippen MR) is 79.0 cm³/mol. The molecule has 106 valence electrons. The lowest BCUT2D eigenvalue weighted by Gasteiger charge is -2.26. The number of aromatic nitrogens is 1. The van der Waals surface area contributed by atoms with Crippen LogP contribution in [-0.4, -0.2) is 38.0 Å². The van der Waals surface area contributed by atoms with Crippen LogP contribution in [0.2, 0.25) is 0 Å². The van der Waals surface area contributed by atoms with Gasteiger partial charge in [-0.3, -0.25) is 0 Å². The van der Waals surface area contributed by atoms with Crippen LogP contribution in [0.1, 0.15) is 19.3 Å². The Kier molecular flexibility index (Phi) is 4.70. The Balaban J connectivity index is 2.35. The first-order valence-corrected chi connectivity index (χ1v) is 9.11. The van der Waals surface area contributed by atoms with Crippen molar-refractivity contribution in [2.24, 2.45) is 5.14 Å². The highest BCUT2D eigenvalue weighted by Crippen LogP contribution is 2.27. The molecular weight excluding hydrogens is 282 g/mol. The van der Waals surface area contributed by atoms with Crippen LogP contribution >= 0.6 is 11.8 Å². The number of nitrogens with zero attached hydrogens (tertiary/aromatic N) is 2. The van der Waals surface area contributed by atoms with Gasteiger partial charge < -0.3 is 4.90 Å². The first-order valence-electron chi connectivity index (χ1n) is 6.28. The summed E-state index contributed by atoms with van der Waals surface area (Å²) in [4.78, 5) is 6.41. The summed E-state index contributed by atoms with van der Waals surface area (Å²) in [5.74, 6) is 0.492. The third kappa shape index (κ3) is 3.61. The van der Waals surface area contributed by atoms with Gasteiger partial charge in [-0.15, -0.1) is 0 Å². The van der Waals surface area contributed by atoms with E-state index < -0.39 is 10.0 Å². The molecule has 0 spiro atoms. The van der Waals surface area contributed by atoms with Crippen molar-refractivity contribution in [1.29, 1.82) is 0 Å². The maximum absolute atomic E-state index is 11.6. The number of hydrogen-bond acceptors (Lipinski definition) is 5. The van der Waals surface area contributed by atoms with E-state index in [4.69, 9.17) is 5.14 Å². The second kappa shape index (κ2) is 6.11. The van der Waals surface area contributed by atoms with Crippen LogP contribution in [0.25, 0.3) is 0 Å². The summed E-state index contributed by atoms with van der Waals surface area (Å²) in [5.41, 5.74) is 0. The zero-order chi connectivity index (χ0) is 13.9. The smallest absolute Gasteiger partial charge is 0.241 e. The fourth-order valence-electron chi connectivity index (χ4n) is 2.33. The van der Waals surface area contributed by atoms with Gasteiger partial charge in [-0.05, 0) is 31.2 Å². The van der Waals surface area contributed by atoms with E-state index in [1.165, 1.54) is 12.5 Å². The molecule has 19 heavy (non-hydrogen) atoms. The van der Waals surface area contributed by atoms with Gasteiger partial charge >= 0.3 is 0 Å². The van der Waals surface area contributed by atoms with Crippen molar-refractivity contribution >= 4 is 27.6 Å². The average molecular weight is 301 g/mol. The number of thioether (sulfide) groups is 1. The molecule has 5 nitrogen and oxygen atoms in total. The third-order valence-corrected chi connectivity index (χ3v) is 5.30.